The summed E-state index contributed by atoms with van der Waals surface area (Å²) in [5, 5.41) is 0.324. The molecule has 1 rings (SSSR count). The summed E-state index contributed by atoms with van der Waals surface area (Å²) < 4.78 is 6.01. The molecule has 0 amide bonds. The summed E-state index contributed by atoms with van der Waals surface area (Å²) in [6.07, 6.45) is 3.16. The van der Waals surface area contributed by atoms with Gasteiger partial charge in [-0.1, -0.05) is 11.8 Å². The van der Waals surface area contributed by atoms with Crippen LogP contribution in [0.15, 0.2) is 22.2 Å². The fourth-order valence-corrected chi connectivity index (χ4v) is 1.71. The number of carbonyl (C=O) groups is 1. The Morgan fingerprint density at radius 2 is 2.40 bits per heavy atom. The lowest BCUT2D eigenvalue weighted by atomic mass is 10.6. The van der Waals surface area contributed by atoms with Gasteiger partial charge >= 0.3 is 5.97 Å². The Morgan fingerprint density at radius 3 is 3.00 bits per heavy atom. The van der Waals surface area contributed by atoms with Gasteiger partial charge in [-0.3, -0.25) is 9.59 Å². The van der Waals surface area contributed by atoms with Gasteiger partial charge in [0.2, 0.25) is 0 Å². The van der Waals surface area contributed by atoms with E-state index in [-0.39, 0.29) is 17.3 Å². The Morgan fingerprint density at radius 1 is 1.67 bits per heavy atom. The molecule has 6 heteroatoms. The highest BCUT2D eigenvalue weighted by Gasteiger charge is 2.07. The van der Waals surface area contributed by atoms with Crippen molar-refractivity contribution < 1.29 is 9.53 Å². The average Bonchev–Trinajstić information content (AvgIpc) is 2.27. The molecule has 0 aliphatic carbocycles. The molecule has 0 N–H and O–H groups in total. The van der Waals surface area contributed by atoms with Crippen LogP contribution in [0, 0.1) is 0 Å². The molecule has 0 atom stereocenters. The number of aryl methyl sites for hydroxylation is 1. The van der Waals surface area contributed by atoms with E-state index >= 15 is 0 Å². The Bertz CT molecular complexity index is 403. The van der Waals surface area contributed by atoms with Gasteiger partial charge in [-0.25, -0.2) is 4.98 Å². The molecule has 0 radical (unpaired) electrons. The van der Waals surface area contributed by atoms with Crippen molar-refractivity contribution in [3.8, 4) is 0 Å². The highest BCUT2D eigenvalue weighted by molar-refractivity contribution is 7.99. The van der Waals surface area contributed by atoms with E-state index in [1.807, 2.05) is 6.92 Å². The summed E-state index contributed by atoms with van der Waals surface area (Å²) in [6.45, 7) is 2.46. The summed E-state index contributed by atoms with van der Waals surface area (Å²) in [4.78, 5) is 26.4. The van der Waals surface area contributed by atoms with Gasteiger partial charge in [-0.05, 0) is 6.92 Å². The van der Waals surface area contributed by atoms with E-state index < -0.39 is 0 Å². The highest BCUT2D eigenvalue weighted by Crippen LogP contribution is 2.09. The van der Waals surface area contributed by atoms with Crippen molar-refractivity contribution >= 4 is 17.7 Å². The number of carbonyl (C=O) groups excluding carboxylic acids is 1. The second-order valence-corrected chi connectivity index (χ2v) is 3.65. The monoisotopic (exact) mass is 228 g/mol. The molecule has 1 aromatic rings. The molecule has 0 bridgehead atoms. The lowest BCUT2D eigenvalue weighted by molar-refractivity contribution is -0.137. The van der Waals surface area contributed by atoms with Crippen molar-refractivity contribution in [2.45, 2.75) is 18.5 Å². The summed E-state index contributed by atoms with van der Waals surface area (Å²) in [6, 6.07) is 0. The molecule has 1 heterocycles. The molecule has 0 aromatic carbocycles. The van der Waals surface area contributed by atoms with Crippen LogP contribution in [0.3, 0.4) is 0 Å². The number of hydrogen-bond acceptors (Lipinski definition) is 5. The molecule has 5 nitrogen and oxygen atoms in total. The minimum absolute atomic E-state index is 0.104. The van der Waals surface area contributed by atoms with Crippen LogP contribution < -0.4 is 5.56 Å². The van der Waals surface area contributed by atoms with Crippen LogP contribution in [-0.2, 0) is 16.1 Å². The van der Waals surface area contributed by atoms with E-state index in [4.69, 9.17) is 0 Å². The Kier molecular flexibility index (Phi) is 4.36. The van der Waals surface area contributed by atoms with Gasteiger partial charge < -0.3 is 9.30 Å². The maximum Gasteiger partial charge on any atom is 0.316 e. The zero-order valence-corrected chi connectivity index (χ0v) is 9.41. The van der Waals surface area contributed by atoms with Gasteiger partial charge in [0.15, 0.2) is 5.03 Å². The number of hydrogen-bond donors (Lipinski definition) is 0. The summed E-state index contributed by atoms with van der Waals surface area (Å²) in [5.74, 6) is -0.264. The summed E-state index contributed by atoms with van der Waals surface area (Å²) >= 11 is 1.09. The minimum Gasteiger partial charge on any atom is -0.468 e. The van der Waals surface area contributed by atoms with Gasteiger partial charge in [-0.15, -0.1) is 0 Å². The first-order chi connectivity index (χ1) is 7.19. The van der Waals surface area contributed by atoms with Gasteiger partial charge in [0, 0.05) is 18.9 Å². The number of aromatic nitrogens is 2. The Hall–Kier alpha value is -1.30. The first-order valence-corrected chi connectivity index (χ1v) is 5.42. The van der Waals surface area contributed by atoms with Crippen molar-refractivity contribution in [2.24, 2.45) is 0 Å². The van der Waals surface area contributed by atoms with E-state index in [9.17, 15) is 9.59 Å². The largest absolute Gasteiger partial charge is 0.468 e. The highest BCUT2D eigenvalue weighted by atomic mass is 32.2. The van der Waals surface area contributed by atoms with Crippen LogP contribution in [0.1, 0.15) is 6.92 Å². The van der Waals surface area contributed by atoms with Gasteiger partial charge in [0.25, 0.3) is 5.56 Å². The van der Waals surface area contributed by atoms with Crippen molar-refractivity contribution in [3.05, 3.63) is 22.7 Å². The Balaban J connectivity index is 2.78. The molecule has 0 unspecified atom stereocenters. The predicted molar refractivity (Wildman–Crippen MR) is 56.9 cm³/mol. The van der Waals surface area contributed by atoms with Crippen molar-refractivity contribution in [3.63, 3.8) is 0 Å². The van der Waals surface area contributed by atoms with Gasteiger partial charge in [-0.2, -0.15) is 0 Å². The topological polar surface area (TPSA) is 61.2 Å². The smallest absolute Gasteiger partial charge is 0.316 e. The third-order valence-corrected chi connectivity index (χ3v) is 2.71. The van der Waals surface area contributed by atoms with Gasteiger partial charge in [0.1, 0.15) is 0 Å². The number of ether oxygens (including phenoxy) is 1. The lowest BCUT2D eigenvalue weighted by Gasteiger charge is -2.03. The normalized spacial score (nSPS) is 10.0. The van der Waals surface area contributed by atoms with E-state index in [1.54, 1.807) is 12.4 Å². The van der Waals surface area contributed by atoms with Crippen LogP contribution >= 0.6 is 11.8 Å². The molecular weight excluding hydrogens is 216 g/mol. The van der Waals surface area contributed by atoms with Crippen LogP contribution in [-0.4, -0.2) is 28.4 Å². The molecule has 0 fully saturated rings. The maximum absolute atomic E-state index is 11.6. The number of nitrogens with zero attached hydrogens (tertiary/aromatic N) is 2. The molecule has 82 valence electrons. The fourth-order valence-electron chi connectivity index (χ4n) is 0.962. The fraction of sp³-hybridized carbons (Fsp3) is 0.444. The first kappa shape index (κ1) is 11.8. The van der Waals surface area contributed by atoms with Crippen LogP contribution in [0.4, 0.5) is 0 Å². The second-order valence-electron chi connectivity index (χ2n) is 2.69. The molecule has 0 spiro atoms. The molecule has 0 saturated heterocycles. The van der Waals surface area contributed by atoms with Crippen LogP contribution in [0.25, 0.3) is 0 Å². The summed E-state index contributed by atoms with van der Waals surface area (Å²) in [5.41, 5.74) is -0.172. The van der Waals surface area contributed by atoms with Crippen LogP contribution in [0.5, 0.6) is 0 Å². The predicted octanol–water partition coefficient (Wildman–Crippen LogP) is 0.528. The minimum atomic E-state index is -0.367. The number of methoxy groups -OCH3 is 1. The first-order valence-electron chi connectivity index (χ1n) is 4.44. The SMILES string of the molecule is CCn1ccnc(SCC(=O)OC)c1=O. The second kappa shape index (κ2) is 5.55. The number of esters is 1. The van der Waals surface area contributed by atoms with E-state index in [1.165, 1.54) is 11.7 Å². The number of rotatable bonds is 4. The molecule has 0 aliphatic rings. The summed E-state index contributed by atoms with van der Waals surface area (Å²) in [7, 11) is 1.31. The zero-order chi connectivity index (χ0) is 11.3. The molecule has 0 saturated carbocycles. The quantitative estimate of drug-likeness (QED) is 0.555. The molecular formula is C9H12N2O3S. The molecule has 15 heavy (non-hydrogen) atoms. The van der Waals surface area contributed by atoms with Crippen LogP contribution in [0.2, 0.25) is 0 Å². The maximum atomic E-state index is 11.6. The van der Waals surface area contributed by atoms with E-state index in [0.29, 0.717) is 11.6 Å². The van der Waals surface area contributed by atoms with E-state index in [0.717, 1.165) is 11.8 Å². The molecule has 1 aromatic heterocycles. The zero-order valence-electron chi connectivity index (χ0n) is 8.60. The Labute approximate surface area is 91.5 Å². The lowest BCUT2D eigenvalue weighted by Crippen LogP contribution is -2.21. The van der Waals surface area contributed by atoms with Gasteiger partial charge in [0.05, 0.1) is 12.9 Å². The van der Waals surface area contributed by atoms with E-state index in [2.05, 4.69) is 9.72 Å². The average molecular weight is 228 g/mol. The third-order valence-electron chi connectivity index (χ3n) is 1.78. The number of thioether (sulfide) groups is 1. The standard InChI is InChI=1S/C9H12N2O3S/c1-3-11-5-4-10-8(9(11)13)15-6-7(12)14-2/h4-5H,3,6H2,1-2H3. The van der Waals surface area contributed by atoms with Crippen molar-refractivity contribution in [1.82, 2.24) is 9.55 Å². The molecule has 0 aliphatic heterocycles. The third kappa shape index (κ3) is 3.09. The van der Waals surface area contributed by atoms with Crippen molar-refractivity contribution in [1.29, 1.82) is 0 Å². The van der Waals surface area contributed by atoms with Crippen molar-refractivity contribution in [2.75, 3.05) is 12.9 Å².